The monoisotopic (exact) mass is 405 g/mol. The molecule has 28 heavy (non-hydrogen) atoms. The average molecular weight is 406 g/mol. The standard InChI is InChI=1S/C18H17ClFN5O3/c1-28-9-8-21-18(23-17(27)10-2-4-11(19)5-3-10)22-16-14-12(20)6-7-13(26)15(14)24-25-16/h2-7,26H,8-9H2,1H3,(H3,21,22,23,24,25,27). The van der Waals surface area contributed by atoms with Gasteiger partial charge in [-0.2, -0.15) is 5.10 Å². The zero-order valence-electron chi connectivity index (χ0n) is 14.8. The minimum Gasteiger partial charge on any atom is -0.506 e. The number of aromatic nitrogens is 2. The Morgan fingerprint density at radius 3 is 2.79 bits per heavy atom. The number of benzene rings is 2. The molecule has 0 bridgehead atoms. The van der Waals surface area contributed by atoms with E-state index in [9.17, 15) is 14.3 Å². The number of hydrogen-bond donors (Lipinski definition) is 4. The van der Waals surface area contributed by atoms with Crippen molar-refractivity contribution in [3.05, 3.63) is 52.8 Å². The Morgan fingerprint density at radius 1 is 1.32 bits per heavy atom. The van der Waals surface area contributed by atoms with E-state index >= 15 is 0 Å². The maximum Gasteiger partial charge on any atom is 0.257 e. The van der Waals surface area contributed by atoms with Crippen molar-refractivity contribution in [2.45, 2.75) is 0 Å². The number of carbonyl (C=O) groups is 1. The third-order valence-corrected chi connectivity index (χ3v) is 4.04. The summed E-state index contributed by atoms with van der Waals surface area (Å²) in [5.74, 6) is -1.07. The first kappa shape index (κ1) is 19.6. The molecule has 1 amide bonds. The van der Waals surface area contributed by atoms with E-state index in [1.54, 1.807) is 24.3 Å². The molecule has 3 aromatic rings. The van der Waals surface area contributed by atoms with Crippen molar-refractivity contribution in [1.29, 1.82) is 0 Å². The molecule has 0 fully saturated rings. The molecule has 1 aromatic heterocycles. The molecule has 2 aromatic carbocycles. The Morgan fingerprint density at radius 2 is 2.07 bits per heavy atom. The predicted octanol–water partition coefficient (Wildman–Crippen LogP) is 2.91. The van der Waals surface area contributed by atoms with Crippen LogP contribution in [0.15, 0.2) is 41.4 Å². The molecule has 0 saturated heterocycles. The Bertz CT molecular complexity index is 1020. The fourth-order valence-electron chi connectivity index (χ4n) is 2.42. The zero-order valence-corrected chi connectivity index (χ0v) is 15.5. The van der Waals surface area contributed by atoms with E-state index in [1.807, 2.05) is 0 Å². The van der Waals surface area contributed by atoms with E-state index in [2.05, 4.69) is 25.8 Å². The summed E-state index contributed by atoms with van der Waals surface area (Å²) in [6.07, 6.45) is 0. The molecule has 146 valence electrons. The summed E-state index contributed by atoms with van der Waals surface area (Å²) in [7, 11) is 1.52. The number of aromatic amines is 1. The van der Waals surface area contributed by atoms with Crippen molar-refractivity contribution in [2.75, 3.05) is 25.6 Å². The number of aliphatic imine (C=N–C) groups is 1. The van der Waals surface area contributed by atoms with Gasteiger partial charge in [0, 0.05) is 17.7 Å². The lowest BCUT2D eigenvalue weighted by molar-refractivity contribution is 0.0976. The van der Waals surface area contributed by atoms with E-state index in [0.717, 1.165) is 6.07 Å². The number of carbonyl (C=O) groups excluding carboxylic acids is 1. The minimum atomic E-state index is -0.593. The van der Waals surface area contributed by atoms with Gasteiger partial charge in [-0.3, -0.25) is 20.2 Å². The van der Waals surface area contributed by atoms with Crippen LogP contribution in [0.2, 0.25) is 5.02 Å². The number of H-pyrrole nitrogens is 1. The fourth-order valence-corrected chi connectivity index (χ4v) is 2.55. The minimum absolute atomic E-state index is 0.0418. The highest BCUT2D eigenvalue weighted by atomic mass is 35.5. The Labute approximate surface area is 164 Å². The molecule has 0 radical (unpaired) electrons. The van der Waals surface area contributed by atoms with Crippen LogP contribution in [-0.4, -0.2) is 47.4 Å². The first-order valence-electron chi connectivity index (χ1n) is 8.22. The lowest BCUT2D eigenvalue weighted by atomic mass is 10.2. The van der Waals surface area contributed by atoms with Crippen LogP contribution in [0.5, 0.6) is 5.75 Å². The highest BCUT2D eigenvalue weighted by Crippen LogP contribution is 2.30. The van der Waals surface area contributed by atoms with Crippen molar-refractivity contribution in [1.82, 2.24) is 15.5 Å². The largest absolute Gasteiger partial charge is 0.506 e. The molecule has 8 nitrogen and oxygen atoms in total. The Balaban J connectivity index is 1.86. The first-order chi connectivity index (χ1) is 13.5. The normalized spacial score (nSPS) is 11.6. The third kappa shape index (κ3) is 4.38. The SMILES string of the molecule is COCCN=C(NC(=O)c1ccc(Cl)cc1)Nc1n[nH]c2c(O)ccc(F)c12. The quantitative estimate of drug-likeness (QED) is 0.296. The Hall–Kier alpha value is -3.17. The van der Waals surface area contributed by atoms with Crippen LogP contribution in [0.4, 0.5) is 10.2 Å². The molecule has 0 spiro atoms. The number of hydrogen-bond acceptors (Lipinski definition) is 5. The number of guanidine groups is 1. The number of phenolic OH excluding ortho intramolecular Hbond substituents is 1. The summed E-state index contributed by atoms with van der Waals surface area (Å²) in [6.45, 7) is 0.564. The first-order valence-corrected chi connectivity index (χ1v) is 8.60. The van der Waals surface area contributed by atoms with Gasteiger partial charge in [-0.1, -0.05) is 11.6 Å². The number of methoxy groups -OCH3 is 1. The van der Waals surface area contributed by atoms with Gasteiger partial charge in [0.15, 0.2) is 5.82 Å². The molecule has 3 rings (SSSR count). The van der Waals surface area contributed by atoms with Crippen LogP contribution < -0.4 is 10.6 Å². The van der Waals surface area contributed by atoms with E-state index in [4.69, 9.17) is 16.3 Å². The lowest BCUT2D eigenvalue weighted by Gasteiger charge is -2.11. The summed E-state index contributed by atoms with van der Waals surface area (Å²) in [4.78, 5) is 16.7. The highest BCUT2D eigenvalue weighted by molar-refractivity contribution is 6.30. The van der Waals surface area contributed by atoms with Crippen molar-refractivity contribution in [3.8, 4) is 5.75 Å². The van der Waals surface area contributed by atoms with Gasteiger partial charge >= 0.3 is 0 Å². The van der Waals surface area contributed by atoms with E-state index in [1.165, 1.54) is 13.2 Å². The number of anilines is 1. The van der Waals surface area contributed by atoms with Gasteiger partial charge in [-0.15, -0.1) is 0 Å². The maximum atomic E-state index is 14.2. The van der Waals surface area contributed by atoms with Crippen molar-refractivity contribution >= 4 is 40.2 Å². The lowest BCUT2D eigenvalue weighted by Crippen LogP contribution is -2.36. The molecule has 4 N–H and O–H groups in total. The molecule has 0 aliphatic rings. The van der Waals surface area contributed by atoms with Gasteiger partial charge in [0.1, 0.15) is 17.1 Å². The third-order valence-electron chi connectivity index (χ3n) is 3.79. The molecular weight excluding hydrogens is 389 g/mol. The number of phenols is 1. The van der Waals surface area contributed by atoms with Crippen molar-refractivity contribution in [3.63, 3.8) is 0 Å². The number of ether oxygens (including phenoxy) is 1. The average Bonchev–Trinajstić information content (AvgIpc) is 3.10. The van der Waals surface area contributed by atoms with Crippen molar-refractivity contribution < 1.29 is 19.0 Å². The van der Waals surface area contributed by atoms with Crippen LogP contribution in [0.25, 0.3) is 10.9 Å². The Kier molecular flexibility index (Phi) is 6.07. The molecule has 0 saturated carbocycles. The number of nitrogens with one attached hydrogen (secondary N) is 3. The molecule has 1 heterocycles. The van der Waals surface area contributed by atoms with Gasteiger partial charge in [0.25, 0.3) is 5.91 Å². The van der Waals surface area contributed by atoms with Gasteiger partial charge in [0.05, 0.1) is 18.5 Å². The van der Waals surface area contributed by atoms with Crippen LogP contribution >= 0.6 is 11.6 Å². The van der Waals surface area contributed by atoms with Gasteiger partial charge < -0.3 is 15.2 Å². The summed E-state index contributed by atoms with van der Waals surface area (Å²) >= 11 is 5.84. The smallest absolute Gasteiger partial charge is 0.257 e. The topological polar surface area (TPSA) is 112 Å². The molecule has 0 unspecified atom stereocenters. The fraction of sp³-hybridized carbons (Fsp3) is 0.167. The zero-order chi connectivity index (χ0) is 20.1. The second-order valence-corrected chi connectivity index (χ2v) is 6.13. The summed E-state index contributed by atoms with van der Waals surface area (Å²) in [6, 6.07) is 8.64. The molecular formula is C18H17ClFN5O3. The van der Waals surface area contributed by atoms with Gasteiger partial charge in [0.2, 0.25) is 5.96 Å². The predicted molar refractivity (Wildman–Crippen MR) is 104 cm³/mol. The second kappa shape index (κ2) is 8.68. The van der Waals surface area contributed by atoms with Gasteiger partial charge in [-0.05, 0) is 36.4 Å². The summed E-state index contributed by atoms with van der Waals surface area (Å²) in [5, 5.41) is 22.3. The number of fused-ring (bicyclic) bond motifs is 1. The molecule has 0 aliphatic carbocycles. The number of rotatable bonds is 5. The van der Waals surface area contributed by atoms with Crippen LogP contribution in [0.1, 0.15) is 10.4 Å². The number of aromatic hydroxyl groups is 1. The van der Waals surface area contributed by atoms with E-state index in [-0.39, 0.29) is 35.0 Å². The number of nitrogens with zero attached hydrogens (tertiary/aromatic N) is 2. The molecule has 0 atom stereocenters. The second-order valence-electron chi connectivity index (χ2n) is 5.70. The van der Waals surface area contributed by atoms with Gasteiger partial charge in [-0.25, -0.2) is 4.39 Å². The highest BCUT2D eigenvalue weighted by Gasteiger charge is 2.17. The van der Waals surface area contributed by atoms with Crippen LogP contribution in [0.3, 0.4) is 0 Å². The van der Waals surface area contributed by atoms with Crippen molar-refractivity contribution in [2.24, 2.45) is 4.99 Å². The van der Waals surface area contributed by atoms with E-state index < -0.39 is 11.7 Å². The number of halogens is 2. The molecule has 10 heteroatoms. The van der Waals surface area contributed by atoms with Crippen LogP contribution in [-0.2, 0) is 4.74 Å². The number of amides is 1. The summed E-state index contributed by atoms with van der Waals surface area (Å²) in [5.41, 5.74) is 0.490. The maximum absolute atomic E-state index is 14.2. The van der Waals surface area contributed by atoms with E-state index in [0.29, 0.717) is 17.2 Å². The molecule has 0 aliphatic heterocycles. The van der Waals surface area contributed by atoms with Crippen LogP contribution in [0, 0.1) is 5.82 Å². The summed E-state index contributed by atoms with van der Waals surface area (Å²) < 4.78 is 19.2.